The molecule has 8 nitrogen and oxygen atoms in total. The molecule has 0 saturated heterocycles. The molecule has 0 unspecified atom stereocenters. The Kier molecular flexibility index (Phi) is 15.8. The van der Waals surface area contributed by atoms with Crippen LogP contribution in [0.15, 0.2) is 352 Å². The van der Waals surface area contributed by atoms with Gasteiger partial charge in [-0.05, 0) is 194 Å². The van der Waals surface area contributed by atoms with Crippen molar-refractivity contribution in [3.05, 3.63) is 363 Å². The van der Waals surface area contributed by atoms with E-state index in [1.54, 1.807) is 0 Å². The molecular formula is C98H64N8. The van der Waals surface area contributed by atoms with Crippen LogP contribution in [0.25, 0.3) is 199 Å². The molecule has 496 valence electrons. The number of pyridine rings is 2. The van der Waals surface area contributed by atoms with Crippen molar-refractivity contribution >= 4 is 86.2 Å². The zero-order chi connectivity index (χ0) is 70.6. The molecule has 4 heterocycles. The lowest BCUT2D eigenvalue weighted by molar-refractivity contribution is 1.07. The number of hydrogen-bond donors (Lipinski definition) is 0. The van der Waals surface area contributed by atoms with Crippen molar-refractivity contribution in [3.63, 3.8) is 0 Å². The van der Waals surface area contributed by atoms with E-state index in [0.717, 1.165) is 89.3 Å². The molecule has 0 amide bonds. The van der Waals surface area contributed by atoms with E-state index in [1.807, 2.05) is 147 Å². The van der Waals surface area contributed by atoms with Crippen molar-refractivity contribution in [2.45, 2.75) is 13.8 Å². The summed E-state index contributed by atoms with van der Waals surface area (Å²) in [5.74, 6) is 3.76. The number of aromatic nitrogens is 8. The van der Waals surface area contributed by atoms with E-state index in [-0.39, 0.29) is 0 Å². The summed E-state index contributed by atoms with van der Waals surface area (Å²) in [6.45, 7) is 4.12. The predicted molar refractivity (Wildman–Crippen MR) is 439 cm³/mol. The molecule has 0 atom stereocenters. The maximum atomic E-state index is 5.16. The minimum atomic E-state index is 0.612. The Labute approximate surface area is 612 Å². The maximum Gasteiger partial charge on any atom is 0.164 e. The Balaban J connectivity index is 0.000000145. The van der Waals surface area contributed by atoms with Crippen LogP contribution in [0, 0.1) is 13.8 Å². The van der Waals surface area contributed by atoms with Gasteiger partial charge in [0.2, 0.25) is 0 Å². The first-order valence-electron chi connectivity index (χ1n) is 35.8. The highest BCUT2D eigenvalue weighted by molar-refractivity contribution is 6.34. The first-order chi connectivity index (χ1) is 52.4. The molecule has 0 aliphatic carbocycles. The average Bonchev–Trinajstić information content (AvgIpc) is 0.724. The molecule has 0 fully saturated rings. The SMILES string of the molecule is Cc1ccc(-c2cc(-c3nc(-c4ccccc4)nc(-c4ccccc4)n3)cc(-c3cc4c5ccccc5c5ccccc5c4c4ccccc34)c2)c(C)n1.c1ccc(-c2nc(-c3ccccc3)nc(-c3cc(-c4cccnc4)cc(-c4cc5c6ccccc6c6ccccc6c5c5ccccc45)c3)n2)cc1. The van der Waals surface area contributed by atoms with Gasteiger partial charge in [0.1, 0.15) is 0 Å². The van der Waals surface area contributed by atoms with Gasteiger partial charge < -0.3 is 0 Å². The molecule has 8 heteroatoms. The van der Waals surface area contributed by atoms with Crippen LogP contribution in [0.4, 0.5) is 0 Å². The van der Waals surface area contributed by atoms with E-state index in [1.165, 1.54) is 86.2 Å². The van der Waals surface area contributed by atoms with Crippen molar-refractivity contribution < 1.29 is 0 Å². The van der Waals surface area contributed by atoms with E-state index in [4.69, 9.17) is 34.9 Å². The Morgan fingerprint density at radius 2 is 0.453 bits per heavy atom. The molecular weight excluding hydrogens is 1290 g/mol. The van der Waals surface area contributed by atoms with Gasteiger partial charge >= 0.3 is 0 Å². The summed E-state index contributed by atoms with van der Waals surface area (Å²) in [6, 6.07) is 120. The number of aryl methyl sites for hydroxylation is 2. The highest BCUT2D eigenvalue weighted by atomic mass is 15.0. The zero-order valence-corrected chi connectivity index (χ0v) is 58.1. The highest BCUT2D eigenvalue weighted by Crippen LogP contribution is 2.47. The molecule has 106 heavy (non-hydrogen) atoms. The number of hydrogen-bond acceptors (Lipinski definition) is 8. The molecule has 0 saturated carbocycles. The van der Waals surface area contributed by atoms with E-state index in [2.05, 4.69) is 224 Å². The van der Waals surface area contributed by atoms with Crippen LogP contribution < -0.4 is 0 Å². The third-order valence-electron chi connectivity index (χ3n) is 20.4. The van der Waals surface area contributed by atoms with Crippen molar-refractivity contribution in [2.24, 2.45) is 0 Å². The Morgan fingerprint density at radius 1 is 0.179 bits per heavy atom. The van der Waals surface area contributed by atoms with Crippen molar-refractivity contribution in [2.75, 3.05) is 0 Å². The number of nitrogens with zero attached hydrogens (tertiary/aromatic N) is 8. The van der Waals surface area contributed by atoms with Crippen molar-refractivity contribution in [3.8, 4) is 113 Å². The first kappa shape index (κ1) is 62.9. The highest BCUT2D eigenvalue weighted by Gasteiger charge is 2.23. The molecule has 0 aliphatic rings. The molecule has 0 aliphatic heterocycles. The van der Waals surface area contributed by atoms with Gasteiger partial charge in [-0.3, -0.25) is 9.97 Å². The lowest BCUT2D eigenvalue weighted by Gasteiger charge is -2.18. The molecule has 0 N–H and O–H groups in total. The van der Waals surface area contributed by atoms with Gasteiger partial charge in [-0.1, -0.05) is 279 Å². The van der Waals surface area contributed by atoms with Crippen LogP contribution in [0.1, 0.15) is 11.4 Å². The third-order valence-corrected chi connectivity index (χ3v) is 20.4. The molecule has 20 rings (SSSR count). The Morgan fingerprint density at radius 3 is 0.811 bits per heavy atom. The van der Waals surface area contributed by atoms with Crippen LogP contribution in [-0.2, 0) is 0 Å². The second kappa shape index (κ2) is 26.7. The fraction of sp³-hybridized carbons (Fsp3) is 0.0204. The van der Waals surface area contributed by atoms with Gasteiger partial charge in [0.05, 0.1) is 0 Å². The van der Waals surface area contributed by atoms with Crippen LogP contribution in [-0.4, -0.2) is 39.9 Å². The fourth-order valence-electron chi connectivity index (χ4n) is 15.6. The fourth-order valence-corrected chi connectivity index (χ4v) is 15.6. The quantitative estimate of drug-likeness (QED) is 0.125. The average molecular weight is 1350 g/mol. The van der Waals surface area contributed by atoms with E-state index >= 15 is 0 Å². The lowest BCUT2D eigenvalue weighted by atomic mass is 9.86. The smallest absolute Gasteiger partial charge is 0.164 e. The monoisotopic (exact) mass is 1350 g/mol. The van der Waals surface area contributed by atoms with Gasteiger partial charge in [0, 0.05) is 68.3 Å². The lowest BCUT2D eigenvalue weighted by Crippen LogP contribution is -2.01. The standard InChI is InChI=1S/C50H34N4.C48H30N4/c1-31-25-26-38(32(2)51-31)35-27-36(29-37(28-35)50-53-48(33-15-5-3-6-16-33)52-49(54-50)34-17-7-4-8-18-34)45-30-46-41-21-10-9-19-39(41)40-20-11-13-23-43(40)47(46)44-24-14-12-22-42(44)45;1-3-14-31(15-4-1)46-50-47(32-16-5-2-6-17-32)52-48(51-46)36-27-34(33-18-13-25-49-30-33)26-35(28-36)43-29-44-39-21-8-7-19-37(39)38-20-9-11-23-41(38)45(44)42-24-12-10-22-40(42)43/h3-30H,1-2H3;1-30H. The van der Waals surface area contributed by atoms with Crippen LogP contribution in [0.5, 0.6) is 0 Å². The molecule has 16 aromatic carbocycles. The van der Waals surface area contributed by atoms with Crippen LogP contribution in [0.3, 0.4) is 0 Å². The van der Waals surface area contributed by atoms with Gasteiger partial charge in [0.25, 0.3) is 0 Å². The Hall–Kier alpha value is -14.1. The topological polar surface area (TPSA) is 103 Å². The van der Waals surface area contributed by atoms with E-state index < -0.39 is 0 Å². The number of benzene rings is 16. The number of rotatable bonds is 10. The summed E-state index contributed by atoms with van der Waals surface area (Å²) in [7, 11) is 0. The summed E-state index contributed by atoms with van der Waals surface area (Å²) < 4.78 is 0. The molecule has 0 spiro atoms. The van der Waals surface area contributed by atoms with E-state index in [0.29, 0.717) is 34.9 Å². The summed E-state index contributed by atoms with van der Waals surface area (Å²) in [6.07, 6.45) is 3.73. The molecule has 0 bridgehead atoms. The van der Waals surface area contributed by atoms with Crippen molar-refractivity contribution in [1.82, 2.24) is 39.9 Å². The maximum absolute atomic E-state index is 5.16. The minimum absolute atomic E-state index is 0.612. The van der Waals surface area contributed by atoms with Gasteiger partial charge in [0.15, 0.2) is 34.9 Å². The normalized spacial score (nSPS) is 11.5. The van der Waals surface area contributed by atoms with Crippen molar-refractivity contribution in [1.29, 1.82) is 0 Å². The molecule has 4 aromatic heterocycles. The summed E-state index contributed by atoms with van der Waals surface area (Å²) in [4.78, 5) is 39.8. The minimum Gasteiger partial charge on any atom is -0.264 e. The molecule has 20 aromatic rings. The third kappa shape index (κ3) is 11.5. The summed E-state index contributed by atoms with van der Waals surface area (Å²) >= 11 is 0. The number of fused-ring (bicyclic) bond motifs is 16. The second-order valence-electron chi connectivity index (χ2n) is 27.0. The predicted octanol–water partition coefficient (Wildman–Crippen LogP) is 25.0. The molecule has 0 radical (unpaired) electrons. The van der Waals surface area contributed by atoms with Gasteiger partial charge in [-0.15, -0.1) is 0 Å². The summed E-state index contributed by atoms with van der Waals surface area (Å²) in [5, 5.41) is 19.9. The zero-order valence-electron chi connectivity index (χ0n) is 58.1. The van der Waals surface area contributed by atoms with Crippen LogP contribution >= 0.6 is 0 Å². The Bertz CT molecular complexity index is 6720. The summed E-state index contributed by atoms with van der Waals surface area (Å²) in [5.41, 5.74) is 16.2. The van der Waals surface area contributed by atoms with Gasteiger partial charge in [-0.2, -0.15) is 0 Å². The largest absolute Gasteiger partial charge is 0.264 e. The van der Waals surface area contributed by atoms with Gasteiger partial charge in [-0.25, -0.2) is 29.9 Å². The van der Waals surface area contributed by atoms with E-state index in [9.17, 15) is 0 Å². The van der Waals surface area contributed by atoms with Crippen LogP contribution in [0.2, 0.25) is 0 Å². The second-order valence-corrected chi connectivity index (χ2v) is 27.0. The first-order valence-corrected chi connectivity index (χ1v) is 35.8.